The molecule has 0 atom stereocenters. The lowest BCUT2D eigenvalue weighted by molar-refractivity contribution is -0.121. The first kappa shape index (κ1) is 18.3. The molecule has 27 heavy (non-hydrogen) atoms. The summed E-state index contributed by atoms with van der Waals surface area (Å²) in [4.78, 5) is 30.8. The molecule has 0 saturated heterocycles. The molecule has 0 aliphatic heterocycles. The van der Waals surface area contributed by atoms with Gasteiger partial charge in [0.05, 0.1) is 23.4 Å². The van der Waals surface area contributed by atoms with Crippen molar-refractivity contribution in [3.8, 4) is 0 Å². The Morgan fingerprint density at radius 3 is 2.67 bits per heavy atom. The fourth-order valence-corrected chi connectivity index (χ4v) is 2.61. The molecule has 0 fully saturated rings. The molecule has 3 aromatic rings. The maximum Gasteiger partial charge on any atom is 0.261 e. The van der Waals surface area contributed by atoms with Crippen LogP contribution in [0.5, 0.6) is 0 Å². The molecule has 0 aliphatic carbocycles. The molecule has 3 rings (SSSR count). The number of aromatic nitrogens is 2. The molecule has 0 bridgehead atoms. The number of hydrogen-bond donors (Lipinski definition) is 1. The monoisotopic (exact) mass is 363 g/mol. The van der Waals surface area contributed by atoms with Gasteiger partial charge in [-0.1, -0.05) is 18.2 Å². The summed E-state index contributed by atoms with van der Waals surface area (Å²) in [5.41, 5.74) is 5.77. The summed E-state index contributed by atoms with van der Waals surface area (Å²) < 4.78 is 1.27. The fraction of sp³-hybridized carbons (Fsp3) is 0.200. The van der Waals surface area contributed by atoms with Crippen molar-refractivity contribution in [2.75, 3.05) is 19.0 Å². The van der Waals surface area contributed by atoms with Crippen LogP contribution in [-0.4, -0.2) is 35.8 Å². The molecular formula is C20H21N5O2. The van der Waals surface area contributed by atoms with Gasteiger partial charge in [-0.25, -0.2) is 10.4 Å². The second-order valence-corrected chi connectivity index (χ2v) is 6.48. The third-order valence-electron chi connectivity index (χ3n) is 4.11. The number of benzene rings is 2. The van der Waals surface area contributed by atoms with Crippen molar-refractivity contribution in [2.45, 2.75) is 13.5 Å². The lowest BCUT2D eigenvalue weighted by atomic mass is 10.2. The minimum atomic E-state index is -0.397. The molecule has 1 aromatic heterocycles. The van der Waals surface area contributed by atoms with Crippen molar-refractivity contribution < 1.29 is 4.79 Å². The predicted molar refractivity (Wildman–Crippen MR) is 107 cm³/mol. The summed E-state index contributed by atoms with van der Waals surface area (Å²) in [7, 11) is 3.93. The van der Waals surface area contributed by atoms with Crippen LogP contribution in [0.15, 0.2) is 58.7 Å². The van der Waals surface area contributed by atoms with E-state index in [0.29, 0.717) is 10.9 Å². The van der Waals surface area contributed by atoms with Gasteiger partial charge in [-0.3, -0.25) is 14.2 Å². The molecule has 7 nitrogen and oxygen atoms in total. The highest BCUT2D eigenvalue weighted by atomic mass is 16.2. The maximum absolute atomic E-state index is 12.5. The highest BCUT2D eigenvalue weighted by molar-refractivity contribution is 5.83. The van der Waals surface area contributed by atoms with Crippen molar-refractivity contribution in [3.63, 3.8) is 0 Å². The van der Waals surface area contributed by atoms with Crippen molar-refractivity contribution in [1.29, 1.82) is 0 Å². The largest absolute Gasteiger partial charge is 0.378 e. The summed E-state index contributed by atoms with van der Waals surface area (Å²) in [6, 6.07) is 13.2. The Bertz CT molecular complexity index is 1050. The van der Waals surface area contributed by atoms with Gasteiger partial charge in [-0.05, 0) is 42.3 Å². The van der Waals surface area contributed by atoms with Gasteiger partial charge in [0.15, 0.2) is 0 Å². The highest BCUT2D eigenvalue weighted by Gasteiger charge is 2.07. The molecule has 1 heterocycles. The topological polar surface area (TPSA) is 79.6 Å². The van der Waals surface area contributed by atoms with Crippen LogP contribution >= 0.6 is 0 Å². The standard InChI is InChI=1S/C20H21N5O2/c1-14-4-9-17-18(10-14)21-13-25(20(17)27)12-19(26)23-22-11-15-5-7-16(8-6-15)24(2)3/h4-11,13H,12H2,1-3H3,(H,23,26)/b22-11+. The van der Waals surface area contributed by atoms with E-state index in [-0.39, 0.29) is 12.1 Å². The molecule has 138 valence electrons. The second kappa shape index (κ2) is 7.82. The summed E-state index contributed by atoms with van der Waals surface area (Å²) in [6.07, 6.45) is 2.94. The lowest BCUT2D eigenvalue weighted by Crippen LogP contribution is -2.30. The quantitative estimate of drug-likeness (QED) is 0.555. The van der Waals surface area contributed by atoms with Crippen LogP contribution < -0.4 is 15.9 Å². The molecule has 2 aromatic carbocycles. The third-order valence-corrected chi connectivity index (χ3v) is 4.11. The molecule has 0 unspecified atom stereocenters. The van der Waals surface area contributed by atoms with Crippen LogP contribution in [0.25, 0.3) is 10.9 Å². The number of carbonyl (C=O) groups excluding carboxylic acids is 1. The van der Waals surface area contributed by atoms with Crippen LogP contribution in [-0.2, 0) is 11.3 Å². The smallest absolute Gasteiger partial charge is 0.261 e. The van der Waals surface area contributed by atoms with E-state index in [0.717, 1.165) is 16.8 Å². The van der Waals surface area contributed by atoms with Gasteiger partial charge in [0.2, 0.25) is 0 Å². The summed E-state index contributed by atoms with van der Waals surface area (Å²) in [5, 5.41) is 4.43. The number of hydrazone groups is 1. The van der Waals surface area contributed by atoms with Crippen molar-refractivity contribution in [1.82, 2.24) is 15.0 Å². The number of rotatable bonds is 5. The number of hydrogen-bond acceptors (Lipinski definition) is 5. The van der Waals surface area contributed by atoms with Crippen LogP contribution in [0.4, 0.5) is 5.69 Å². The predicted octanol–water partition coefficient (Wildman–Crippen LogP) is 1.92. The van der Waals surface area contributed by atoms with Gasteiger partial charge in [0, 0.05) is 19.8 Å². The Morgan fingerprint density at radius 2 is 1.96 bits per heavy atom. The van der Waals surface area contributed by atoms with Gasteiger partial charge < -0.3 is 4.90 Å². The average molecular weight is 363 g/mol. The number of nitrogens with one attached hydrogen (secondary N) is 1. The molecule has 0 radical (unpaired) electrons. The number of anilines is 1. The zero-order chi connectivity index (χ0) is 19.4. The van der Waals surface area contributed by atoms with E-state index in [4.69, 9.17) is 0 Å². The van der Waals surface area contributed by atoms with Gasteiger partial charge in [0.25, 0.3) is 11.5 Å². The number of amides is 1. The Balaban J connectivity index is 1.65. The summed E-state index contributed by atoms with van der Waals surface area (Å²) >= 11 is 0. The minimum absolute atomic E-state index is 0.146. The number of carbonyl (C=O) groups is 1. The fourth-order valence-electron chi connectivity index (χ4n) is 2.61. The number of aryl methyl sites for hydroxylation is 1. The zero-order valence-electron chi connectivity index (χ0n) is 15.5. The first-order valence-corrected chi connectivity index (χ1v) is 8.49. The highest BCUT2D eigenvalue weighted by Crippen LogP contribution is 2.11. The second-order valence-electron chi connectivity index (χ2n) is 6.48. The average Bonchev–Trinajstić information content (AvgIpc) is 2.64. The minimum Gasteiger partial charge on any atom is -0.378 e. The van der Waals surface area contributed by atoms with E-state index in [1.54, 1.807) is 12.3 Å². The first-order chi connectivity index (χ1) is 12.9. The van der Waals surface area contributed by atoms with E-state index in [9.17, 15) is 9.59 Å². The Labute approximate surface area is 157 Å². The first-order valence-electron chi connectivity index (χ1n) is 8.49. The molecule has 0 spiro atoms. The molecular weight excluding hydrogens is 342 g/mol. The van der Waals surface area contributed by atoms with E-state index in [1.807, 2.05) is 62.3 Å². The molecule has 0 aliphatic rings. The normalized spacial score (nSPS) is 11.1. The summed E-state index contributed by atoms with van der Waals surface area (Å²) in [6.45, 7) is 1.79. The Hall–Kier alpha value is -3.48. The zero-order valence-corrected chi connectivity index (χ0v) is 15.5. The molecule has 0 saturated carbocycles. The maximum atomic E-state index is 12.5. The van der Waals surface area contributed by atoms with Gasteiger partial charge in [-0.15, -0.1) is 0 Å². The van der Waals surface area contributed by atoms with Crippen LogP contribution in [0.1, 0.15) is 11.1 Å². The van der Waals surface area contributed by atoms with E-state index >= 15 is 0 Å². The van der Waals surface area contributed by atoms with Crippen molar-refractivity contribution in [3.05, 3.63) is 70.3 Å². The SMILES string of the molecule is Cc1ccc2c(=O)n(CC(=O)N/N=C/c3ccc(N(C)C)cc3)cnc2c1. The van der Waals surface area contributed by atoms with Gasteiger partial charge in [0.1, 0.15) is 6.54 Å². The number of fused-ring (bicyclic) bond motifs is 1. The van der Waals surface area contributed by atoms with Crippen LogP contribution in [0, 0.1) is 6.92 Å². The Morgan fingerprint density at radius 1 is 1.22 bits per heavy atom. The Kier molecular flexibility index (Phi) is 5.30. The van der Waals surface area contributed by atoms with Crippen LogP contribution in [0.2, 0.25) is 0 Å². The van der Waals surface area contributed by atoms with Crippen molar-refractivity contribution in [2.24, 2.45) is 5.10 Å². The lowest BCUT2D eigenvalue weighted by Gasteiger charge is -2.11. The van der Waals surface area contributed by atoms with E-state index < -0.39 is 5.91 Å². The van der Waals surface area contributed by atoms with Crippen molar-refractivity contribution >= 4 is 28.7 Å². The molecule has 1 amide bonds. The molecule has 7 heteroatoms. The molecule has 1 N–H and O–H groups in total. The van der Waals surface area contributed by atoms with E-state index in [2.05, 4.69) is 15.5 Å². The number of nitrogens with zero attached hydrogens (tertiary/aromatic N) is 4. The third kappa shape index (κ3) is 4.38. The van der Waals surface area contributed by atoms with Crippen LogP contribution in [0.3, 0.4) is 0 Å². The van der Waals surface area contributed by atoms with Gasteiger partial charge >= 0.3 is 0 Å². The van der Waals surface area contributed by atoms with E-state index in [1.165, 1.54) is 10.9 Å². The van der Waals surface area contributed by atoms with Gasteiger partial charge in [-0.2, -0.15) is 5.10 Å². The summed E-state index contributed by atoms with van der Waals surface area (Å²) in [5.74, 6) is -0.397.